The SMILES string of the molecule is COc1ccccc1[C@H]1C(=C(O)c2ccc(Br)cc2)C(=O)C(=O)N1c1cccnc1. The van der Waals surface area contributed by atoms with Crippen molar-refractivity contribution >= 4 is 39.1 Å². The normalized spacial score (nSPS) is 17.9. The maximum Gasteiger partial charge on any atom is 0.300 e. The van der Waals surface area contributed by atoms with Crippen molar-refractivity contribution in [2.45, 2.75) is 6.04 Å². The van der Waals surface area contributed by atoms with Crippen molar-refractivity contribution < 1.29 is 19.4 Å². The number of amides is 1. The number of halogens is 1. The lowest BCUT2D eigenvalue weighted by atomic mass is 9.94. The lowest BCUT2D eigenvalue weighted by Gasteiger charge is -2.26. The molecule has 1 aromatic heterocycles. The molecule has 0 aliphatic carbocycles. The van der Waals surface area contributed by atoms with Gasteiger partial charge in [-0.3, -0.25) is 19.5 Å². The van der Waals surface area contributed by atoms with Crippen LogP contribution in [0.2, 0.25) is 0 Å². The number of methoxy groups -OCH3 is 1. The molecular weight excluding hydrogens is 448 g/mol. The molecule has 6 nitrogen and oxygen atoms in total. The summed E-state index contributed by atoms with van der Waals surface area (Å²) in [5.74, 6) is -1.25. The van der Waals surface area contributed by atoms with Crippen molar-refractivity contribution in [3.05, 3.63) is 94.2 Å². The summed E-state index contributed by atoms with van der Waals surface area (Å²) in [4.78, 5) is 31.5. The number of hydrogen-bond acceptors (Lipinski definition) is 5. The average molecular weight is 465 g/mol. The van der Waals surface area contributed by atoms with Crippen LogP contribution in [0.25, 0.3) is 5.76 Å². The number of para-hydroxylation sites is 1. The molecule has 1 N–H and O–H groups in total. The maximum atomic E-state index is 13.1. The van der Waals surface area contributed by atoms with E-state index in [1.807, 2.05) is 0 Å². The van der Waals surface area contributed by atoms with Crippen molar-refractivity contribution in [1.82, 2.24) is 4.98 Å². The van der Waals surface area contributed by atoms with Gasteiger partial charge < -0.3 is 9.84 Å². The zero-order valence-corrected chi connectivity index (χ0v) is 17.5. The summed E-state index contributed by atoms with van der Waals surface area (Å²) in [6, 6.07) is 16.5. The molecule has 7 heteroatoms. The first-order valence-electron chi connectivity index (χ1n) is 9.13. The summed E-state index contributed by atoms with van der Waals surface area (Å²) in [6.07, 6.45) is 3.09. The average Bonchev–Trinajstić information content (AvgIpc) is 3.04. The number of nitrogens with zero attached hydrogens (tertiary/aromatic N) is 2. The quantitative estimate of drug-likeness (QED) is 0.349. The van der Waals surface area contributed by atoms with E-state index in [1.54, 1.807) is 66.9 Å². The molecule has 1 atom stereocenters. The molecular formula is C23H17BrN2O4. The van der Waals surface area contributed by atoms with Gasteiger partial charge in [0.05, 0.1) is 30.6 Å². The maximum absolute atomic E-state index is 13.1. The second-order valence-corrected chi connectivity index (χ2v) is 7.54. The van der Waals surface area contributed by atoms with Crippen molar-refractivity contribution in [3.63, 3.8) is 0 Å². The molecule has 30 heavy (non-hydrogen) atoms. The van der Waals surface area contributed by atoms with Crippen molar-refractivity contribution in [3.8, 4) is 5.75 Å². The molecule has 1 aliphatic rings. The number of aliphatic hydroxyl groups is 1. The third-order valence-corrected chi connectivity index (χ3v) is 5.45. The summed E-state index contributed by atoms with van der Waals surface area (Å²) >= 11 is 3.36. The fourth-order valence-electron chi connectivity index (χ4n) is 3.54. The van der Waals surface area contributed by atoms with E-state index in [4.69, 9.17) is 4.74 Å². The molecule has 0 unspecified atom stereocenters. The molecule has 1 amide bonds. The van der Waals surface area contributed by atoms with E-state index in [-0.39, 0.29) is 11.3 Å². The Hall–Kier alpha value is -3.45. The Kier molecular flexibility index (Phi) is 5.37. The van der Waals surface area contributed by atoms with Gasteiger partial charge in [0.15, 0.2) is 0 Å². The van der Waals surface area contributed by atoms with Gasteiger partial charge in [-0.2, -0.15) is 0 Å². The van der Waals surface area contributed by atoms with E-state index in [2.05, 4.69) is 20.9 Å². The smallest absolute Gasteiger partial charge is 0.300 e. The van der Waals surface area contributed by atoms with Crippen LogP contribution in [0, 0.1) is 0 Å². The highest BCUT2D eigenvalue weighted by Gasteiger charge is 2.47. The molecule has 1 saturated heterocycles. The third-order valence-electron chi connectivity index (χ3n) is 4.92. The van der Waals surface area contributed by atoms with E-state index in [1.165, 1.54) is 18.2 Å². The minimum atomic E-state index is -0.867. The van der Waals surface area contributed by atoms with Gasteiger partial charge >= 0.3 is 0 Å². The minimum Gasteiger partial charge on any atom is -0.507 e. The van der Waals surface area contributed by atoms with Gasteiger partial charge in [-0.1, -0.05) is 46.3 Å². The van der Waals surface area contributed by atoms with Gasteiger partial charge in [-0.15, -0.1) is 0 Å². The summed E-state index contributed by atoms with van der Waals surface area (Å²) < 4.78 is 6.32. The van der Waals surface area contributed by atoms with Gasteiger partial charge in [0.25, 0.3) is 11.7 Å². The number of ketones is 1. The number of Topliss-reactive ketones (excluding diaryl/α,β-unsaturated/α-hetero) is 1. The standard InChI is InChI=1S/C23H17BrN2O4/c1-30-18-7-3-2-6-17(18)20-19(21(27)14-8-10-15(24)11-9-14)22(28)23(29)26(20)16-5-4-12-25-13-16/h2-13,20,27H,1H3/t20-/m0/s1. The number of rotatable bonds is 4. The van der Waals surface area contributed by atoms with Crippen LogP contribution >= 0.6 is 15.9 Å². The van der Waals surface area contributed by atoms with Crippen molar-refractivity contribution in [1.29, 1.82) is 0 Å². The molecule has 1 fully saturated rings. The van der Waals surface area contributed by atoms with E-state index in [0.29, 0.717) is 22.6 Å². The van der Waals surface area contributed by atoms with Crippen LogP contribution in [0.15, 0.2) is 83.1 Å². The first-order chi connectivity index (χ1) is 14.5. The molecule has 0 spiro atoms. The molecule has 150 valence electrons. The van der Waals surface area contributed by atoms with Crippen molar-refractivity contribution in [2.24, 2.45) is 0 Å². The minimum absolute atomic E-state index is 0.00400. The number of benzene rings is 2. The Labute approximate surface area is 181 Å². The molecule has 0 bridgehead atoms. The Morgan fingerprint density at radius 1 is 1.07 bits per heavy atom. The number of hydrogen-bond donors (Lipinski definition) is 1. The molecule has 3 aromatic rings. The van der Waals surface area contributed by atoms with Gasteiger partial charge in [-0.05, 0) is 30.3 Å². The van der Waals surface area contributed by atoms with Crippen molar-refractivity contribution in [2.75, 3.05) is 12.0 Å². The van der Waals surface area contributed by atoms with E-state index in [9.17, 15) is 14.7 Å². The van der Waals surface area contributed by atoms with Crippen LogP contribution in [0.4, 0.5) is 5.69 Å². The number of aliphatic hydroxyl groups excluding tert-OH is 1. The highest BCUT2D eigenvalue weighted by molar-refractivity contribution is 9.10. The van der Waals surface area contributed by atoms with Gasteiger partial charge in [0, 0.05) is 21.8 Å². The number of anilines is 1. The Balaban J connectivity index is 1.98. The van der Waals surface area contributed by atoms with Crippen LogP contribution < -0.4 is 9.64 Å². The molecule has 2 aromatic carbocycles. The third kappa shape index (κ3) is 3.37. The molecule has 0 saturated carbocycles. The largest absolute Gasteiger partial charge is 0.507 e. The zero-order valence-electron chi connectivity index (χ0n) is 15.9. The van der Waals surface area contributed by atoms with E-state index >= 15 is 0 Å². The highest BCUT2D eigenvalue weighted by Crippen LogP contribution is 2.44. The summed E-state index contributed by atoms with van der Waals surface area (Å²) in [5, 5.41) is 11.1. The zero-order chi connectivity index (χ0) is 21.3. The topological polar surface area (TPSA) is 79.7 Å². The second-order valence-electron chi connectivity index (χ2n) is 6.63. The molecule has 4 rings (SSSR count). The monoisotopic (exact) mass is 464 g/mol. The van der Waals surface area contributed by atoms with E-state index < -0.39 is 17.7 Å². The van der Waals surface area contributed by atoms with Gasteiger partial charge in [0.1, 0.15) is 11.5 Å². The van der Waals surface area contributed by atoms with Crippen LogP contribution in [0.5, 0.6) is 5.75 Å². The fourth-order valence-corrected chi connectivity index (χ4v) is 3.81. The summed E-state index contributed by atoms with van der Waals surface area (Å²) in [7, 11) is 1.52. The summed E-state index contributed by atoms with van der Waals surface area (Å²) in [5.41, 5.74) is 1.46. The van der Waals surface area contributed by atoms with E-state index in [0.717, 1.165) is 4.47 Å². The first kappa shape index (κ1) is 19.8. The Bertz CT molecular complexity index is 1140. The Morgan fingerprint density at radius 2 is 1.80 bits per heavy atom. The van der Waals surface area contributed by atoms with Gasteiger partial charge in [0.2, 0.25) is 0 Å². The lowest BCUT2D eigenvalue weighted by Crippen LogP contribution is -2.29. The van der Waals surface area contributed by atoms with Gasteiger partial charge in [-0.25, -0.2) is 0 Å². The Morgan fingerprint density at radius 3 is 2.47 bits per heavy atom. The number of ether oxygens (including phenoxy) is 1. The molecule has 1 aliphatic heterocycles. The number of carbonyl (C=O) groups is 2. The predicted octanol–water partition coefficient (Wildman–Crippen LogP) is 4.48. The number of aromatic nitrogens is 1. The molecule has 0 radical (unpaired) electrons. The second kappa shape index (κ2) is 8.12. The van der Waals surface area contributed by atoms with Crippen LogP contribution in [0.3, 0.4) is 0 Å². The van der Waals surface area contributed by atoms with Crippen LogP contribution in [0.1, 0.15) is 17.2 Å². The van der Waals surface area contributed by atoms with Crippen LogP contribution in [-0.4, -0.2) is 28.9 Å². The predicted molar refractivity (Wildman–Crippen MR) is 116 cm³/mol. The highest BCUT2D eigenvalue weighted by atomic mass is 79.9. The lowest BCUT2D eigenvalue weighted by molar-refractivity contribution is -0.132. The number of carbonyl (C=O) groups excluding carboxylic acids is 2. The van der Waals surface area contributed by atoms with Crippen LogP contribution in [-0.2, 0) is 9.59 Å². The molecule has 2 heterocycles. The first-order valence-corrected chi connectivity index (χ1v) is 9.92. The fraction of sp³-hybridized carbons (Fsp3) is 0.0870. The summed E-state index contributed by atoms with van der Waals surface area (Å²) in [6.45, 7) is 0. The number of pyridine rings is 1.